The minimum atomic E-state index is -1.18. The quantitative estimate of drug-likeness (QED) is 0.640. The summed E-state index contributed by atoms with van der Waals surface area (Å²) in [4.78, 5) is 24.8. The van der Waals surface area contributed by atoms with Crippen molar-refractivity contribution in [2.75, 3.05) is 13.1 Å². The van der Waals surface area contributed by atoms with Gasteiger partial charge in [0.15, 0.2) is 0 Å². The van der Waals surface area contributed by atoms with Crippen molar-refractivity contribution >= 4 is 11.8 Å². The number of carbonyl (C=O) groups excluding carboxylic acids is 2. The Morgan fingerprint density at radius 1 is 0.960 bits per heavy atom. The molecule has 6 heteroatoms. The largest absolute Gasteiger partial charge is 0.337 e. The zero-order valence-electron chi connectivity index (χ0n) is 17.5. The van der Waals surface area contributed by atoms with Crippen LogP contribution in [0.1, 0.15) is 75.2 Å². The molecule has 0 bridgehead atoms. The van der Waals surface area contributed by atoms with E-state index in [-0.39, 0.29) is 37.0 Å². The summed E-state index contributed by atoms with van der Waals surface area (Å²) in [6.45, 7) is 16.8. The molecular weight excluding hydrogens is 326 g/mol. The molecule has 25 heavy (non-hydrogen) atoms. The lowest BCUT2D eigenvalue weighted by Crippen LogP contribution is -2.33. The van der Waals surface area contributed by atoms with Gasteiger partial charge in [0.1, 0.15) is 11.8 Å². The molecule has 0 radical (unpaired) electrons. The second-order valence-corrected chi connectivity index (χ2v) is 6.47. The summed E-state index contributed by atoms with van der Waals surface area (Å²) in [6, 6.07) is 0.148. The molecule has 0 saturated carbocycles. The topological polar surface area (TPSA) is 40.6 Å². The Balaban J connectivity index is 0. The molecule has 2 aliphatic rings. The Morgan fingerprint density at radius 3 is 1.56 bits per heavy atom. The van der Waals surface area contributed by atoms with Gasteiger partial charge in [0, 0.05) is 38.8 Å². The van der Waals surface area contributed by atoms with Crippen molar-refractivity contribution < 1.29 is 18.4 Å². The molecule has 0 aromatic rings. The molecule has 2 heterocycles. The molecule has 2 rings (SSSR count). The first-order chi connectivity index (χ1) is 11.5. The maximum Gasteiger partial charge on any atom is 0.219 e. The lowest BCUT2D eigenvalue weighted by atomic mass is 10.1. The minimum absolute atomic E-state index is 0.0207. The van der Waals surface area contributed by atoms with Crippen LogP contribution in [0.5, 0.6) is 0 Å². The normalized spacial score (nSPS) is 30.3. The van der Waals surface area contributed by atoms with E-state index >= 15 is 0 Å². The molecule has 2 fully saturated rings. The van der Waals surface area contributed by atoms with Crippen LogP contribution in [0.4, 0.5) is 8.78 Å². The maximum absolute atomic E-state index is 13.3. The van der Waals surface area contributed by atoms with Gasteiger partial charge in [-0.1, -0.05) is 27.7 Å². The highest BCUT2D eigenvalue weighted by Crippen LogP contribution is 2.29. The average Bonchev–Trinajstić information content (AvgIpc) is 3.01. The highest BCUT2D eigenvalue weighted by atomic mass is 19.1. The van der Waals surface area contributed by atoms with E-state index in [4.69, 9.17) is 0 Å². The van der Waals surface area contributed by atoms with Crippen LogP contribution in [0, 0.1) is 0 Å². The number of hydrogen-bond acceptors (Lipinski definition) is 2. The van der Waals surface area contributed by atoms with E-state index in [0.29, 0.717) is 12.8 Å². The van der Waals surface area contributed by atoms with Crippen LogP contribution in [-0.2, 0) is 9.59 Å². The zero-order valence-corrected chi connectivity index (χ0v) is 17.5. The summed E-state index contributed by atoms with van der Waals surface area (Å²) >= 11 is 0. The molecule has 2 amide bonds. The SMILES string of the molecule is CC.CC.CC(=O)N1CC(C)(F)C[C@H]1C.CC(=O)N1CC(F)C[C@H]1C. The number of rotatable bonds is 0. The first-order valence-corrected chi connectivity index (χ1v) is 9.41. The molecule has 0 aromatic heterocycles. The standard InChI is InChI=1S/C8H14FNO.C7H12FNO.2C2H6/c1-6-4-8(3,9)5-10(6)7(2)11;1-5-3-7(8)4-9(5)6(2)10;2*1-2/h6H,4-5H2,1-3H3;5,7H,3-4H2,1-2H3;2*1-2H3/t6-,8?;5-,7?;;/m11../s1. The first kappa shape index (κ1) is 26.0. The van der Waals surface area contributed by atoms with Crippen molar-refractivity contribution in [3.05, 3.63) is 0 Å². The van der Waals surface area contributed by atoms with Gasteiger partial charge in [-0.15, -0.1) is 0 Å². The number of carbonyl (C=O) groups is 2. The number of hydrogen-bond donors (Lipinski definition) is 0. The third kappa shape index (κ3) is 9.17. The molecular formula is C19H38F2N2O2. The van der Waals surface area contributed by atoms with Gasteiger partial charge in [-0.05, 0) is 20.8 Å². The smallest absolute Gasteiger partial charge is 0.219 e. The zero-order chi connectivity index (χ0) is 20.4. The van der Waals surface area contributed by atoms with Crippen molar-refractivity contribution in [3.8, 4) is 0 Å². The van der Waals surface area contributed by atoms with E-state index in [1.165, 1.54) is 13.8 Å². The summed E-state index contributed by atoms with van der Waals surface area (Å²) in [5, 5.41) is 0. The van der Waals surface area contributed by atoms with Crippen molar-refractivity contribution in [2.45, 2.75) is 99.1 Å². The van der Waals surface area contributed by atoms with Crippen LogP contribution in [0.15, 0.2) is 0 Å². The fraction of sp³-hybridized carbons (Fsp3) is 0.895. The van der Waals surface area contributed by atoms with E-state index in [1.54, 1.807) is 16.7 Å². The Morgan fingerprint density at radius 2 is 1.40 bits per heavy atom. The second-order valence-electron chi connectivity index (χ2n) is 6.47. The van der Waals surface area contributed by atoms with Crippen molar-refractivity contribution in [1.29, 1.82) is 0 Å². The number of halogens is 2. The van der Waals surface area contributed by atoms with Crippen LogP contribution >= 0.6 is 0 Å². The number of likely N-dealkylation sites (tertiary alicyclic amines) is 2. The van der Waals surface area contributed by atoms with Gasteiger partial charge in [-0.3, -0.25) is 9.59 Å². The van der Waals surface area contributed by atoms with Gasteiger partial charge in [0.25, 0.3) is 0 Å². The van der Waals surface area contributed by atoms with Gasteiger partial charge in [-0.2, -0.15) is 0 Å². The van der Waals surface area contributed by atoms with Crippen LogP contribution in [0.25, 0.3) is 0 Å². The van der Waals surface area contributed by atoms with Crippen LogP contribution in [0.3, 0.4) is 0 Å². The molecule has 2 aliphatic heterocycles. The van der Waals surface area contributed by atoms with Crippen LogP contribution in [0.2, 0.25) is 0 Å². The van der Waals surface area contributed by atoms with Gasteiger partial charge in [0.2, 0.25) is 11.8 Å². The van der Waals surface area contributed by atoms with Gasteiger partial charge < -0.3 is 9.80 Å². The predicted molar refractivity (Wildman–Crippen MR) is 100 cm³/mol. The number of amides is 2. The number of nitrogens with zero attached hydrogens (tertiary/aromatic N) is 2. The lowest BCUT2D eigenvalue weighted by Gasteiger charge is -2.18. The van der Waals surface area contributed by atoms with Gasteiger partial charge in [-0.25, -0.2) is 8.78 Å². The van der Waals surface area contributed by atoms with Crippen LogP contribution in [-0.4, -0.2) is 58.6 Å². The molecule has 0 aromatic carbocycles. The van der Waals surface area contributed by atoms with Crippen molar-refractivity contribution in [2.24, 2.45) is 0 Å². The summed E-state index contributed by atoms with van der Waals surface area (Å²) < 4.78 is 25.9. The lowest BCUT2D eigenvalue weighted by molar-refractivity contribution is -0.130. The highest BCUT2D eigenvalue weighted by molar-refractivity contribution is 5.74. The Labute approximate surface area is 152 Å². The summed E-state index contributed by atoms with van der Waals surface area (Å²) in [7, 11) is 0. The third-order valence-electron chi connectivity index (χ3n) is 4.09. The van der Waals surface area contributed by atoms with E-state index in [0.717, 1.165) is 0 Å². The van der Waals surface area contributed by atoms with Crippen LogP contribution < -0.4 is 0 Å². The average molecular weight is 365 g/mol. The van der Waals surface area contributed by atoms with Crippen molar-refractivity contribution in [1.82, 2.24) is 9.80 Å². The van der Waals surface area contributed by atoms with Gasteiger partial charge >= 0.3 is 0 Å². The fourth-order valence-corrected chi connectivity index (χ4v) is 3.13. The van der Waals surface area contributed by atoms with E-state index < -0.39 is 11.8 Å². The Bertz CT molecular complexity index is 403. The first-order valence-electron chi connectivity index (χ1n) is 9.41. The molecule has 2 saturated heterocycles. The molecule has 0 spiro atoms. The molecule has 4 atom stereocenters. The van der Waals surface area contributed by atoms with Gasteiger partial charge in [0.05, 0.1) is 13.1 Å². The van der Waals surface area contributed by atoms with Crippen molar-refractivity contribution in [3.63, 3.8) is 0 Å². The summed E-state index contributed by atoms with van der Waals surface area (Å²) in [5.74, 6) is -0.0495. The van der Waals surface area contributed by atoms with E-state index in [1.807, 2.05) is 41.5 Å². The summed E-state index contributed by atoms with van der Waals surface area (Å²) in [6.07, 6.45) is 0.158. The molecule has 150 valence electrons. The Hall–Kier alpha value is -1.20. The number of alkyl halides is 2. The highest BCUT2D eigenvalue weighted by Gasteiger charge is 2.39. The molecule has 2 unspecified atom stereocenters. The van der Waals surface area contributed by atoms with E-state index in [2.05, 4.69) is 0 Å². The molecule has 0 N–H and O–H groups in total. The predicted octanol–water partition coefficient (Wildman–Crippen LogP) is 4.37. The van der Waals surface area contributed by atoms with E-state index in [9.17, 15) is 18.4 Å². The fourth-order valence-electron chi connectivity index (χ4n) is 3.13. The summed E-state index contributed by atoms with van der Waals surface area (Å²) in [5.41, 5.74) is -1.18. The Kier molecular flexibility index (Phi) is 12.7. The second kappa shape index (κ2) is 12.2. The third-order valence-corrected chi connectivity index (χ3v) is 4.09. The molecule has 0 aliphatic carbocycles. The minimum Gasteiger partial charge on any atom is -0.337 e. The monoisotopic (exact) mass is 364 g/mol. The molecule has 4 nitrogen and oxygen atoms in total. The maximum atomic E-state index is 13.3.